The van der Waals surface area contributed by atoms with E-state index in [1.165, 1.54) is 12.8 Å². The van der Waals surface area contributed by atoms with Crippen LogP contribution in [0.25, 0.3) is 0 Å². The summed E-state index contributed by atoms with van der Waals surface area (Å²) in [6.07, 6.45) is 4.60. The number of hydrogen-bond acceptors (Lipinski definition) is 5. The number of nitrogens with two attached hydrogens (primary N) is 1. The molecule has 0 aliphatic heterocycles. The van der Waals surface area contributed by atoms with Crippen molar-refractivity contribution in [3.8, 4) is 5.88 Å². The second kappa shape index (κ2) is 7.94. The highest BCUT2D eigenvalue weighted by Crippen LogP contribution is 2.28. The zero-order valence-electron chi connectivity index (χ0n) is 12.2. The SMILES string of the molecule is CCCOc1nc(NCCCOCC2CC2)ccc1N. The number of aromatic nitrogens is 1. The molecule has 0 bridgehead atoms. The van der Waals surface area contributed by atoms with Crippen LogP contribution in [-0.4, -0.2) is 31.3 Å². The Bertz CT molecular complexity index is 408. The zero-order chi connectivity index (χ0) is 14.2. The van der Waals surface area contributed by atoms with E-state index in [9.17, 15) is 0 Å². The molecular formula is C15H25N3O2. The summed E-state index contributed by atoms with van der Waals surface area (Å²) in [7, 11) is 0. The molecule has 1 heterocycles. The Morgan fingerprint density at radius 1 is 1.35 bits per heavy atom. The van der Waals surface area contributed by atoms with Gasteiger partial charge in [-0.15, -0.1) is 0 Å². The number of nitrogens with zero attached hydrogens (tertiary/aromatic N) is 1. The van der Waals surface area contributed by atoms with Crippen LogP contribution < -0.4 is 15.8 Å². The molecular weight excluding hydrogens is 254 g/mol. The average Bonchev–Trinajstić information content (AvgIpc) is 3.27. The smallest absolute Gasteiger partial charge is 0.239 e. The second-order valence-electron chi connectivity index (χ2n) is 5.24. The summed E-state index contributed by atoms with van der Waals surface area (Å²) in [5.41, 5.74) is 6.40. The fraction of sp³-hybridized carbons (Fsp3) is 0.667. The van der Waals surface area contributed by atoms with Gasteiger partial charge in [0.25, 0.3) is 0 Å². The lowest BCUT2D eigenvalue weighted by Crippen LogP contribution is -2.09. The topological polar surface area (TPSA) is 69.4 Å². The van der Waals surface area contributed by atoms with Crippen molar-refractivity contribution >= 4 is 11.5 Å². The summed E-state index contributed by atoms with van der Waals surface area (Å²) in [6, 6.07) is 3.70. The van der Waals surface area contributed by atoms with Gasteiger partial charge in [-0.2, -0.15) is 4.98 Å². The third kappa shape index (κ3) is 5.25. The molecule has 5 heteroatoms. The molecule has 1 saturated carbocycles. The molecule has 0 unspecified atom stereocenters. The number of nitrogens with one attached hydrogen (secondary N) is 1. The van der Waals surface area contributed by atoms with E-state index in [2.05, 4.69) is 17.2 Å². The minimum Gasteiger partial charge on any atom is -0.476 e. The van der Waals surface area contributed by atoms with Gasteiger partial charge in [-0.3, -0.25) is 0 Å². The molecule has 1 aliphatic carbocycles. The van der Waals surface area contributed by atoms with E-state index in [-0.39, 0.29) is 0 Å². The van der Waals surface area contributed by atoms with Crippen LogP contribution in [0, 0.1) is 5.92 Å². The first-order valence-corrected chi connectivity index (χ1v) is 7.50. The van der Waals surface area contributed by atoms with E-state index < -0.39 is 0 Å². The van der Waals surface area contributed by atoms with Crippen LogP contribution in [0.15, 0.2) is 12.1 Å². The molecule has 0 aromatic carbocycles. The van der Waals surface area contributed by atoms with Gasteiger partial charge >= 0.3 is 0 Å². The van der Waals surface area contributed by atoms with Crippen LogP contribution in [-0.2, 0) is 4.74 Å². The number of hydrogen-bond donors (Lipinski definition) is 2. The Morgan fingerprint density at radius 2 is 2.20 bits per heavy atom. The molecule has 0 spiro atoms. The molecule has 0 radical (unpaired) electrons. The highest BCUT2D eigenvalue weighted by Gasteiger charge is 2.20. The fourth-order valence-electron chi connectivity index (χ4n) is 1.79. The van der Waals surface area contributed by atoms with Gasteiger partial charge in [-0.25, -0.2) is 0 Å². The van der Waals surface area contributed by atoms with Gasteiger partial charge in [0, 0.05) is 19.8 Å². The average molecular weight is 279 g/mol. The minimum absolute atomic E-state index is 0.516. The largest absolute Gasteiger partial charge is 0.476 e. The third-order valence-electron chi connectivity index (χ3n) is 3.15. The van der Waals surface area contributed by atoms with E-state index in [0.717, 1.165) is 44.3 Å². The van der Waals surface area contributed by atoms with Crippen molar-refractivity contribution in [3.05, 3.63) is 12.1 Å². The normalized spacial score (nSPS) is 14.2. The molecule has 1 aromatic heterocycles. The molecule has 3 N–H and O–H groups in total. The van der Waals surface area contributed by atoms with Gasteiger partial charge in [0.1, 0.15) is 5.82 Å². The number of ether oxygens (including phenoxy) is 2. The molecule has 0 saturated heterocycles. The van der Waals surface area contributed by atoms with Crippen molar-refractivity contribution in [1.29, 1.82) is 0 Å². The summed E-state index contributed by atoms with van der Waals surface area (Å²) in [5.74, 6) is 2.15. The Morgan fingerprint density at radius 3 is 2.95 bits per heavy atom. The lowest BCUT2D eigenvalue weighted by Gasteiger charge is -2.10. The summed E-state index contributed by atoms with van der Waals surface area (Å²) >= 11 is 0. The van der Waals surface area contributed by atoms with E-state index in [1.807, 2.05) is 12.1 Å². The molecule has 5 nitrogen and oxygen atoms in total. The van der Waals surface area contributed by atoms with Crippen LogP contribution in [0.4, 0.5) is 11.5 Å². The Kier molecular flexibility index (Phi) is 5.92. The van der Waals surface area contributed by atoms with Crippen LogP contribution in [0.3, 0.4) is 0 Å². The van der Waals surface area contributed by atoms with Gasteiger partial charge in [-0.1, -0.05) is 6.92 Å². The maximum Gasteiger partial charge on any atom is 0.239 e. The van der Waals surface area contributed by atoms with Gasteiger partial charge in [0.15, 0.2) is 0 Å². The summed E-state index contributed by atoms with van der Waals surface area (Å²) in [4.78, 5) is 4.37. The fourth-order valence-corrected chi connectivity index (χ4v) is 1.79. The van der Waals surface area contributed by atoms with Crippen molar-refractivity contribution in [2.24, 2.45) is 5.92 Å². The first-order valence-electron chi connectivity index (χ1n) is 7.50. The predicted molar refractivity (Wildman–Crippen MR) is 81.1 cm³/mol. The molecule has 1 aliphatic rings. The van der Waals surface area contributed by atoms with E-state index >= 15 is 0 Å². The summed E-state index contributed by atoms with van der Waals surface area (Å²) in [6.45, 7) is 5.26. The number of anilines is 2. The van der Waals surface area contributed by atoms with Crippen molar-refractivity contribution in [2.75, 3.05) is 37.4 Å². The highest BCUT2D eigenvalue weighted by atomic mass is 16.5. The van der Waals surface area contributed by atoms with Gasteiger partial charge in [0.2, 0.25) is 5.88 Å². The minimum atomic E-state index is 0.516. The highest BCUT2D eigenvalue weighted by molar-refractivity contribution is 5.53. The number of pyridine rings is 1. The van der Waals surface area contributed by atoms with E-state index in [0.29, 0.717) is 18.2 Å². The Balaban J connectivity index is 1.65. The lowest BCUT2D eigenvalue weighted by atomic mass is 10.3. The second-order valence-corrected chi connectivity index (χ2v) is 5.24. The lowest BCUT2D eigenvalue weighted by molar-refractivity contribution is 0.124. The number of rotatable bonds is 10. The van der Waals surface area contributed by atoms with Gasteiger partial charge in [-0.05, 0) is 43.7 Å². The molecule has 112 valence electrons. The van der Waals surface area contributed by atoms with E-state index in [1.54, 1.807) is 0 Å². The van der Waals surface area contributed by atoms with Gasteiger partial charge < -0.3 is 20.5 Å². The quantitative estimate of drug-likeness (QED) is 0.644. The maximum absolute atomic E-state index is 5.82. The van der Waals surface area contributed by atoms with Crippen LogP contribution >= 0.6 is 0 Å². The molecule has 1 aromatic rings. The molecule has 20 heavy (non-hydrogen) atoms. The molecule has 0 atom stereocenters. The van der Waals surface area contributed by atoms with Crippen molar-refractivity contribution in [2.45, 2.75) is 32.6 Å². The van der Waals surface area contributed by atoms with Crippen LogP contribution in [0.2, 0.25) is 0 Å². The zero-order valence-corrected chi connectivity index (χ0v) is 12.2. The monoisotopic (exact) mass is 279 g/mol. The van der Waals surface area contributed by atoms with Crippen LogP contribution in [0.5, 0.6) is 5.88 Å². The maximum atomic E-state index is 5.82. The molecule has 1 fully saturated rings. The first kappa shape index (κ1) is 14.9. The molecule has 0 amide bonds. The number of nitrogen functional groups attached to an aromatic ring is 1. The van der Waals surface area contributed by atoms with Gasteiger partial charge in [0.05, 0.1) is 12.3 Å². The van der Waals surface area contributed by atoms with Crippen molar-refractivity contribution < 1.29 is 9.47 Å². The third-order valence-corrected chi connectivity index (χ3v) is 3.15. The standard InChI is InChI=1S/C15H25N3O2/c1-2-9-20-15-13(16)6-7-14(18-15)17-8-3-10-19-11-12-4-5-12/h6-7,12H,2-5,8-11,16H2,1H3,(H,17,18). The van der Waals surface area contributed by atoms with Crippen molar-refractivity contribution in [1.82, 2.24) is 4.98 Å². The van der Waals surface area contributed by atoms with Crippen molar-refractivity contribution in [3.63, 3.8) is 0 Å². The van der Waals surface area contributed by atoms with E-state index in [4.69, 9.17) is 15.2 Å². The molecule has 2 rings (SSSR count). The Labute approximate surface area is 120 Å². The Hall–Kier alpha value is -1.49. The van der Waals surface area contributed by atoms with Crippen LogP contribution in [0.1, 0.15) is 32.6 Å². The summed E-state index contributed by atoms with van der Waals surface area (Å²) < 4.78 is 11.1. The first-order chi connectivity index (χ1) is 9.79. The predicted octanol–water partition coefficient (Wildman–Crippen LogP) is 2.68. The summed E-state index contributed by atoms with van der Waals surface area (Å²) in [5, 5.41) is 3.27.